The molecule has 0 saturated heterocycles. The van der Waals surface area contributed by atoms with E-state index in [9.17, 15) is 9.59 Å². The number of nitrogens with zero attached hydrogens (tertiary/aromatic N) is 2. The van der Waals surface area contributed by atoms with Crippen LogP contribution in [0.2, 0.25) is 5.02 Å². The van der Waals surface area contributed by atoms with E-state index >= 15 is 0 Å². The second-order valence-electron chi connectivity index (χ2n) is 9.00. The highest BCUT2D eigenvalue weighted by Crippen LogP contribution is 2.37. The third kappa shape index (κ3) is 5.79. The molecule has 1 aromatic heterocycles. The molecule has 0 unspecified atom stereocenters. The Bertz CT molecular complexity index is 1910. The molecule has 0 spiro atoms. The van der Waals surface area contributed by atoms with Crippen LogP contribution in [0.1, 0.15) is 29.7 Å². The number of halogens is 2. The van der Waals surface area contributed by atoms with E-state index in [0.29, 0.717) is 42.7 Å². The largest absolute Gasteiger partial charge is 0.493 e. The Hall–Kier alpha value is -4.10. The summed E-state index contributed by atoms with van der Waals surface area (Å²) in [6.45, 7) is 1.91. The molecule has 212 valence electrons. The Morgan fingerprint density at radius 1 is 1.19 bits per heavy atom. The van der Waals surface area contributed by atoms with Gasteiger partial charge in [-0.25, -0.2) is 9.79 Å². The van der Waals surface area contributed by atoms with Crippen LogP contribution in [-0.4, -0.2) is 30.9 Å². The fourth-order valence-electron chi connectivity index (χ4n) is 4.66. The summed E-state index contributed by atoms with van der Waals surface area (Å²) in [4.78, 5) is 33.0. The van der Waals surface area contributed by atoms with Crippen molar-refractivity contribution in [2.45, 2.75) is 13.0 Å². The maximum absolute atomic E-state index is 14.2. The van der Waals surface area contributed by atoms with Crippen molar-refractivity contribution >= 4 is 56.6 Å². The molecule has 10 heteroatoms. The molecule has 1 aliphatic heterocycles. The highest BCUT2D eigenvalue weighted by atomic mass is 79.9. The van der Waals surface area contributed by atoms with Gasteiger partial charge in [0, 0.05) is 20.6 Å². The normalized spacial score (nSPS) is 14.5. The van der Waals surface area contributed by atoms with Gasteiger partial charge in [0.2, 0.25) is 0 Å². The van der Waals surface area contributed by atoms with Crippen molar-refractivity contribution in [3.05, 3.63) is 118 Å². The van der Waals surface area contributed by atoms with Gasteiger partial charge in [-0.15, -0.1) is 6.42 Å². The molecule has 2 heterocycles. The molecular formula is C32H24BrClN2O5S. The summed E-state index contributed by atoms with van der Waals surface area (Å²) in [6.07, 6.45) is 7.15. The predicted octanol–water partition coefficient (Wildman–Crippen LogP) is 5.37. The SMILES string of the molecule is C#CCOc1c(/C=c2\sc3n(c2=O)[C@H](c2ccc(Cl)cc2)C(C(=O)OCC)=C(c2ccccc2)N=3)cc(Br)cc1OC. The van der Waals surface area contributed by atoms with Gasteiger partial charge in [0.15, 0.2) is 16.3 Å². The molecule has 42 heavy (non-hydrogen) atoms. The van der Waals surface area contributed by atoms with E-state index in [1.165, 1.54) is 23.0 Å². The van der Waals surface area contributed by atoms with Gasteiger partial charge in [-0.05, 0) is 42.8 Å². The number of carbonyl (C=O) groups is 1. The second kappa shape index (κ2) is 12.8. The maximum Gasteiger partial charge on any atom is 0.338 e. The van der Waals surface area contributed by atoms with Gasteiger partial charge in [0.1, 0.15) is 6.61 Å². The van der Waals surface area contributed by atoms with Crippen molar-refractivity contribution in [3.8, 4) is 23.8 Å². The number of hydrogen-bond acceptors (Lipinski definition) is 7. The number of aromatic nitrogens is 1. The van der Waals surface area contributed by atoms with Gasteiger partial charge in [-0.3, -0.25) is 9.36 Å². The standard InChI is InChI=1S/C32H24BrClN2O5S/c1-4-15-41-29-21(16-22(33)18-24(29)39-3)17-25-30(37)36-28(20-11-13-23(34)14-12-20)26(31(38)40-5-2)27(35-32(36)42-25)19-9-7-6-8-10-19/h1,6-14,16-18,28H,5,15H2,2-3H3/b25-17-/t28-/m1/s1. The fourth-order valence-corrected chi connectivity index (χ4v) is 6.23. The molecule has 7 nitrogen and oxygen atoms in total. The number of rotatable bonds is 8. The van der Waals surface area contributed by atoms with Crippen LogP contribution in [0.5, 0.6) is 11.5 Å². The first-order valence-corrected chi connectivity index (χ1v) is 14.8. The lowest BCUT2D eigenvalue weighted by molar-refractivity contribution is -0.138. The van der Waals surface area contributed by atoms with Crippen LogP contribution in [0.25, 0.3) is 11.8 Å². The molecule has 0 saturated carbocycles. The monoisotopic (exact) mass is 662 g/mol. The van der Waals surface area contributed by atoms with E-state index in [-0.39, 0.29) is 24.3 Å². The number of fused-ring (bicyclic) bond motifs is 1. The van der Waals surface area contributed by atoms with Crippen LogP contribution in [0.3, 0.4) is 0 Å². The van der Waals surface area contributed by atoms with Gasteiger partial charge < -0.3 is 14.2 Å². The van der Waals surface area contributed by atoms with E-state index in [1.807, 2.05) is 36.4 Å². The minimum atomic E-state index is -0.816. The lowest BCUT2D eigenvalue weighted by atomic mass is 9.93. The summed E-state index contributed by atoms with van der Waals surface area (Å²) in [5, 5.41) is 0.527. The number of benzene rings is 3. The summed E-state index contributed by atoms with van der Waals surface area (Å²) in [7, 11) is 1.52. The number of carbonyl (C=O) groups excluding carboxylic acids is 1. The average Bonchev–Trinajstić information content (AvgIpc) is 3.30. The topological polar surface area (TPSA) is 79.1 Å². The lowest BCUT2D eigenvalue weighted by Crippen LogP contribution is -2.40. The fraction of sp³-hybridized carbons (Fsp3) is 0.156. The van der Waals surface area contributed by atoms with Gasteiger partial charge in [-0.1, -0.05) is 87.3 Å². The Kier molecular flexibility index (Phi) is 8.97. The zero-order valence-corrected chi connectivity index (χ0v) is 25.8. The molecule has 0 aliphatic carbocycles. The third-order valence-corrected chi connectivity index (χ3v) is 8.11. The van der Waals surface area contributed by atoms with Crippen LogP contribution in [0, 0.1) is 12.3 Å². The predicted molar refractivity (Wildman–Crippen MR) is 168 cm³/mol. The minimum Gasteiger partial charge on any atom is -0.493 e. The zero-order chi connectivity index (χ0) is 29.8. The summed E-state index contributed by atoms with van der Waals surface area (Å²) in [6, 6.07) is 19.1. The minimum absolute atomic E-state index is 0.0139. The number of hydrogen-bond donors (Lipinski definition) is 0. The first-order valence-electron chi connectivity index (χ1n) is 12.8. The molecule has 0 radical (unpaired) electrons. The van der Waals surface area contributed by atoms with Gasteiger partial charge in [-0.2, -0.15) is 0 Å². The van der Waals surface area contributed by atoms with Crippen molar-refractivity contribution in [1.29, 1.82) is 0 Å². The zero-order valence-electron chi connectivity index (χ0n) is 22.6. The van der Waals surface area contributed by atoms with E-state index in [4.69, 9.17) is 37.2 Å². The van der Waals surface area contributed by atoms with E-state index in [1.54, 1.807) is 43.3 Å². The highest BCUT2D eigenvalue weighted by molar-refractivity contribution is 9.10. The van der Waals surface area contributed by atoms with Crippen molar-refractivity contribution in [2.75, 3.05) is 20.3 Å². The van der Waals surface area contributed by atoms with Crippen molar-refractivity contribution in [2.24, 2.45) is 4.99 Å². The van der Waals surface area contributed by atoms with Crippen LogP contribution >= 0.6 is 38.9 Å². The smallest absolute Gasteiger partial charge is 0.338 e. The van der Waals surface area contributed by atoms with Crippen molar-refractivity contribution < 1.29 is 19.0 Å². The number of terminal acetylenes is 1. The Labute approximate surface area is 259 Å². The van der Waals surface area contributed by atoms with Crippen LogP contribution in [0.4, 0.5) is 0 Å². The van der Waals surface area contributed by atoms with Crippen molar-refractivity contribution in [1.82, 2.24) is 4.57 Å². The highest BCUT2D eigenvalue weighted by Gasteiger charge is 2.35. The molecule has 1 atom stereocenters. The molecule has 3 aromatic carbocycles. The number of ether oxygens (including phenoxy) is 3. The van der Waals surface area contributed by atoms with E-state index in [0.717, 1.165) is 10.0 Å². The number of thiazole rings is 1. The molecule has 0 N–H and O–H groups in total. The van der Waals surface area contributed by atoms with Crippen LogP contribution < -0.4 is 24.4 Å². The summed E-state index contributed by atoms with van der Waals surface area (Å²) in [5.74, 6) is 2.75. The molecule has 1 aliphatic rings. The van der Waals surface area contributed by atoms with Gasteiger partial charge >= 0.3 is 5.97 Å². The summed E-state index contributed by atoms with van der Waals surface area (Å²) < 4.78 is 19.4. The van der Waals surface area contributed by atoms with Gasteiger partial charge in [0.05, 0.1) is 35.6 Å². The molecule has 4 aromatic rings. The van der Waals surface area contributed by atoms with E-state index in [2.05, 4.69) is 21.9 Å². The summed E-state index contributed by atoms with van der Waals surface area (Å²) >= 11 is 10.9. The molecular weight excluding hydrogens is 640 g/mol. The lowest BCUT2D eigenvalue weighted by Gasteiger charge is -2.26. The second-order valence-corrected chi connectivity index (χ2v) is 11.4. The Balaban J connectivity index is 1.82. The summed E-state index contributed by atoms with van der Waals surface area (Å²) in [5.41, 5.74) is 2.34. The molecule has 0 amide bonds. The Morgan fingerprint density at radius 3 is 2.60 bits per heavy atom. The van der Waals surface area contributed by atoms with Gasteiger partial charge in [0.25, 0.3) is 5.56 Å². The quantitative estimate of drug-likeness (QED) is 0.187. The first-order chi connectivity index (χ1) is 20.4. The van der Waals surface area contributed by atoms with Crippen molar-refractivity contribution in [3.63, 3.8) is 0 Å². The number of methoxy groups -OCH3 is 1. The third-order valence-electron chi connectivity index (χ3n) is 6.41. The molecule has 0 bridgehead atoms. The average molecular weight is 664 g/mol. The van der Waals surface area contributed by atoms with Crippen LogP contribution in [0.15, 0.2) is 86.6 Å². The maximum atomic E-state index is 14.2. The van der Waals surface area contributed by atoms with Crippen LogP contribution in [-0.2, 0) is 9.53 Å². The first kappa shape index (κ1) is 29.4. The molecule has 0 fully saturated rings. The molecule has 5 rings (SSSR count). The van der Waals surface area contributed by atoms with E-state index < -0.39 is 12.0 Å². The Morgan fingerprint density at radius 2 is 1.93 bits per heavy atom. The number of esters is 1.